The van der Waals surface area contributed by atoms with Crippen LogP contribution in [-0.4, -0.2) is 60.9 Å². The summed E-state index contributed by atoms with van der Waals surface area (Å²) >= 11 is 1.58. The number of piperazine rings is 1. The number of hydrogen-bond donors (Lipinski definition) is 0. The fraction of sp³-hybridized carbons (Fsp3) is 0.500. The molecule has 1 atom stereocenters. The number of nitrogens with zero attached hydrogens (tertiary/aromatic N) is 3. The van der Waals surface area contributed by atoms with Gasteiger partial charge in [0.1, 0.15) is 0 Å². The predicted molar refractivity (Wildman–Crippen MR) is 113 cm³/mol. The van der Waals surface area contributed by atoms with Gasteiger partial charge in [-0.25, -0.2) is 0 Å². The number of likely N-dealkylation sites (tertiary alicyclic amines) is 1. The number of thiophene rings is 1. The third-order valence-electron chi connectivity index (χ3n) is 5.84. The lowest BCUT2D eigenvalue weighted by Crippen LogP contribution is -2.55. The molecule has 0 radical (unpaired) electrons. The molecule has 1 aromatic carbocycles. The van der Waals surface area contributed by atoms with Crippen LogP contribution in [0.4, 0.5) is 5.69 Å². The highest BCUT2D eigenvalue weighted by Gasteiger charge is 2.28. The highest BCUT2D eigenvalue weighted by molar-refractivity contribution is 7.12. The number of hydrogen-bond acceptors (Lipinski definition) is 5. The van der Waals surface area contributed by atoms with Gasteiger partial charge < -0.3 is 4.90 Å². The molecule has 0 unspecified atom stereocenters. The summed E-state index contributed by atoms with van der Waals surface area (Å²) in [5.41, 5.74) is 2.64. The Morgan fingerprint density at radius 2 is 1.89 bits per heavy atom. The van der Waals surface area contributed by atoms with E-state index in [9.17, 15) is 4.79 Å². The molecule has 2 aliphatic heterocycles. The van der Waals surface area contributed by atoms with E-state index in [4.69, 9.17) is 0 Å². The molecule has 2 aromatic rings. The Balaban J connectivity index is 1.30. The molecule has 0 N–H and O–H groups in total. The highest BCUT2D eigenvalue weighted by Crippen LogP contribution is 2.23. The highest BCUT2D eigenvalue weighted by atomic mass is 32.1. The minimum atomic E-state index is 0.180. The minimum absolute atomic E-state index is 0.180. The van der Waals surface area contributed by atoms with Crippen molar-refractivity contribution in [2.75, 3.05) is 44.2 Å². The van der Waals surface area contributed by atoms with Crippen LogP contribution >= 0.6 is 11.3 Å². The molecular weight excluding hydrogens is 354 g/mol. The maximum atomic E-state index is 11.5. The molecule has 2 saturated heterocycles. The van der Waals surface area contributed by atoms with E-state index in [1.54, 1.807) is 18.3 Å². The minimum Gasteiger partial charge on any atom is -0.369 e. The second-order valence-electron chi connectivity index (χ2n) is 7.77. The molecule has 2 fully saturated rings. The fourth-order valence-corrected chi connectivity index (χ4v) is 5.16. The number of rotatable bonds is 5. The Labute approximate surface area is 166 Å². The fourth-order valence-electron chi connectivity index (χ4n) is 4.36. The van der Waals surface area contributed by atoms with Gasteiger partial charge in [0, 0.05) is 51.0 Å². The molecule has 4 rings (SSSR count). The van der Waals surface area contributed by atoms with Crippen molar-refractivity contribution in [2.45, 2.75) is 32.4 Å². The van der Waals surface area contributed by atoms with Crippen molar-refractivity contribution in [2.24, 2.45) is 0 Å². The Bertz CT molecular complexity index is 752. The number of para-hydroxylation sites is 1. The summed E-state index contributed by atoms with van der Waals surface area (Å²) in [6, 6.07) is 13.5. The predicted octanol–water partition coefficient (Wildman–Crippen LogP) is 3.74. The molecule has 4 nitrogen and oxygen atoms in total. The molecule has 0 amide bonds. The van der Waals surface area contributed by atoms with Crippen molar-refractivity contribution >= 4 is 22.8 Å². The average molecular weight is 384 g/mol. The molecular formula is C22H29N3OS. The molecule has 3 heterocycles. The normalized spacial score (nSPS) is 22.1. The van der Waals surface area contributed by atoms with Crippen LogP contribution in [0.25, 0.3) is 0 Å². The van der Waals surface area contributed by atoms with Crippen LogP contribution in [0.2, 0.25) is 0 Å². The summed E-state index contributed by atoms with van der Waals surface area (Å²) in [7, 11) is 0. The first-order chi connectivity index (χ1) is 13.2. The van der Waals surface area contributed by atoms with E-state index in [1.807, 2.05) is 0 Å². The first-order valence-corrected chi connectivity index (χ1v) is 10.9. The molecule has 144 valence electrons. The van der Waals surface area contributed by atoms with E-state index in [2.05, 4.69) is 56.5 Å². The van der Waals surface area contributed by atoms with Gasteiger partial charge in [-0.1, -0.05) is 18.2 Å². The van der Waals surface area contributed by atoms with Gasteiger partial charge in [0.15, 0.2) is 5.78 Å². The maximum Gasteiger partial charge on any atom is 0.169 e. The number of carbonyl (C=O) groups excluding carboxylic acids is 1. The number of anilines is 1. The van der Waals surface area contributed by atoms with Crippen LogP contribution in [0, 0.1) is 0 Å². The Kier molecular flexibility index (Phi) is 5.91. The zero-order valence-electron chi connectivity index (χ0n) is 16.1. The quantitative estimate of drug-likeness (QED) is 0.735. The van der Waals surface area contributed by atoms with Crippen LogP contribution < -0.4 is 4.90 Å². The summed E-state index contributed by atoms with van der Waals surface area (Å²) in [5.74, 6) is 0.180. The van der Waals surface area contributed by atoms with Crippen LogP contribution in [0.1, 0.15) is 35.0 Å². The van der Waals surface area contributed by atoms with E-state index in [-0.39, 0.29) is 5.78 Å². The lowest BCUT2D eigenvalue weighted by Gasteiger charge is -2.44. The number of piperidine rings is 1. The Morgan fingerprint density at radius 3 is 2.59 bits per heavy atom. The third kappa shape index (κ3) is 4.60. The molecule has 1 aromatic heterocycles. The van der Waals surface area contributed by atoms with Crippen LogP contribution in [0.3, 0.4) is 0 Å². The maximum absolute atomic E-state index is 11.5. The van der Waals surface area contributed by atoms with Gasteiger partial charge in [0.25, 0.3) is 0 Å². The van der Waals surface area contributed by atoms with Gasteiger partial charge in [-0.05, 0) is 55.5 Å². The Hall–Kier alpha value is -1.69. The number of ketones is 1. The molecule has 0 saturated carbocycles. The first kappa shape index (κ1) is 18.7. The van der Waals surface area contributed by atoms with Crippen molar-refractivity contribution in [3.63, 3.8) is 0 Å². The summed E-state index contributed by atoms with van der Waals surface area (Å²) in [6.45, 7) is 9.49. The number of benzene rings is 1. The molecule has 0 spiro atoms. The zero-order valence-corrected chi connectivity index (χ0v) is 17.0. The van der Waals surface area contributed by atoms with E-state index in [1.165, 1.54) is 30.6 Å². The Morgan fingerprint density at radius 1 is 1.11 bits per heavy atom. The van der Waals surface area contributed by atoms with Gasteiger partial charge in [0.05, 0.1) is 4.88 Å². The second kappa shape index (κ2) is 8.55. The van der Waals surface area contributed by atoms with E-state index in [0.717, 1.165) is 44.1 Å². The van der Waals surface area contributed by atoms with Crippen molar-refractivity contribution in [1.82, 2.24) is 9.80 Å². The number of carbonyl (C=O) groups is 1. The van der Waals surface area contributed by atoms with Gasteiger partial charge in [-0.15, -0.1) is 11.3 Å². The lowest BCUT2D eigenvalue weighted by atomic mass is 10.0. The van der Waals surface area contributed by atoms with Crippen LogP contribution in [-0.2, 0) is 6.54 Å². The lowest BCUT2D eigenvalue weighted by molar-refractivity contribution is 0.0888. The zero-order chi connectivity index (χ0) is 18.6. The first-order valence-electron chi connectivity index (χ1n) is 10.0. The van der Waals surface area contributed by atoms with E-state index in [0.29, 0.717) is 6.04 Å². The van der Waals surface area contributed by atoms with Gasteiger partial charge >= 0.3 is 0 Å². The SMILES string of the molecule is CC(=O)c1cc(CN2CCC[C@H](N3CCN(c4ccccc4)CC3)C2)cs1. The largest absolute Gasteiger partial charge is 0.369 e. The average Bonchev–Trinajstić information content (AvgIpc) is 3.18. The second-order valence-corrected chi connectivity index (χ2v) is 8.68. The molecule has 27 heavy (non-hydrogen) atoms. The van der Waals surface area contributed by atoms with Crippen LogP contribution in [0.5, 0.6) is 0 Å². The molecule has 2 aliphatic rings. The van der Waals surface area contributed by atoms with Gasteiger partial charge in [0.2, 0.25) is 0 Å². The van der Waals surface area contributed by atoms with E-state index >= 15 is 0 Å². The smallest absolute Gasteiger partial charge is 0.169 e. The molecule has 0 bridgehead atoms. The summed E-state index contributed by atoms with van der Waals surface area (Å²) in [5, 5.41) is 2.15. The van der Waals surface area contributed by atoms with Crippen molar-refractivity contribution in [1.29, 1.82) is 0 Å². The summed E-state index contributed by atoms with van der Waals surface area (Å²) in [6.07, 6.45) is 2.58. The standard InChI is InChI=1S/C22H29N3OS/c1-18(26)22-14-19(17-27-22)15-23-9-5-8-21(16-23)25-12-10-24(11-13-25)20-6-3-2-4-7-20/h2-4,6-7,14,17,21H,5,8-13,15-16H2,1H3/t21-/m0/s1. The van der Waals surface area contributed by atoms with Crippen molar-refractivity contribution < 1.29 is 4.79 Å². The topological polar surface area (TPSA) is 26.8 Å². The van der Waals surface area contributed by atoms with Crippen molar-refractivity contribution in [3.8, 4) is 0 Å². The van der Waals surface area contributed by atoms with Gasteiger partial charge in [-0.3, -0.25) is 14.6 Å². The summed E-state index contributed by atoms with van der Waals surface area (Å²) in [4.78, 5) is 20.2. The van der Waals surface area contributed by atoms with Crippen LogP contribution in [0.15, 0.2) is 41.8 Å². The molecule has 5 heteroatoms. The van der Waals surface area contributed by atoms with E-state index < -0.39 is 0 Å². The van der Waals surface area contributed by atoms with Gasteiger partial charge in [-0.2, -0.15) is 0 Å². The van der Waals surface area contributed by atoms with Crippen molar-refractivity contribution in [3.05, 3.63) is 52.2 Å². The molecule has 0 aliphatic carbocycles. The summed E-state index contributed by atoms with van der Waals surface area (Å²) < 4.78 is 0. The monoisotopic (exact) mass is 383 g/mol. The number of Topliss-reactive ketones (excluding diaryl/α,β-unsaturated/α-hetero) is 1. The third-order valence-corrected chi connectivity index (χ3v) is 6.92.